The molecule has 3 nitrogen and oxygen atoms in total. The van der Waals surface area contributed by atoms with Gasteiger partial charge in [0.1, 0.15) is 0 Å². The Labute approximate surface area is 208 Å². The van der Waals surface area contributed by atoms with Gasteiger partial charge in [0.05, 0.1) is 26.6 Å². The van der Waals surface area contributed by atoms with Gasteiger partial charge in [0.2, 0.25) is 0 Å². The third-order valence-corrected chi connectivity index (χ3v) is 7.26. The zero-order valence-electron chi connectivity index (χ0n) is 19.3. The molecule has 4 heteroatoms. The van der Waals surface area contributed by atoms with Gasteiger partial charge in [0.25, 0.3) is 0 Å². The molecule has 0 saturated carbocycles. The molecule has 0 saturated heterocycles. The number of aromatic nitrogens is 3. The van der Waals surface area contributed by atoms with Crippen molar-refractivity contribution in [2.24, 2.45) is 0 Å². The Bertz CT molecular complexity index is 1550. The Morgan fingerprint density at radius 2 is 1.11 bits per heavy atom. The van der Waals surface area contributed by atoms with E-state index in [4.69, 9.17) is 15.0 Å². The fraction of sp³-hybridized carbons (Fsp3) is 0.0645. The summed E-state index contributed by atoms with van der Waals surface area (Å²) in [7, 11) is 0. The minimum absolute atomic E-state index is 0.722. The summed E-state index contributed by atoms with van der Waals surface area (Å²) in [5.74, 6) is 0.722. The third-order valence-electron chi connectivity index (χ3n) is 6.08. The second-order valence-electron chi connectivity index (χ2n) is 8.42. The zero-order chi connectivity index (χ0) is 23.6. The number of nitrogens with zero attached hydrogens (tertiary/aromatic N) is 3. The van der Waals surface area contributed by atoms with Crippen LogP contribution in [-0.4, -0.2) is 15.0 Å². The van der Waals surface area contributed by atoms with Crippen molar-refractivity contribution in [3.8, 4) is 45.0 Å². The molecule has 0 bridgehead atoms. The first kappa shape index (κ1) is 21.4. The highest BCUT2D eigenvalue weighted by atomic mass is 32.1. The molecule has 0 amide bonds. The van der Waals surface area contributed by atoms with E-state index in [1.807, 2.05) is 36.4 Å². The summed E-state index contributed by atoms with van der Waals surface area (Å²) < 4.78 is 1.24. The molecule has 0 atom stereocenters. The summed E-state index contributed by atoms with van der Waals surface area (Å²) in [6.45, 7) is 2.15. The molecule has 0 aliphatic carbocycles. The van der Waals surface area contributed by atoms with Gasteiger partial charge < -0.3 is 0 Å². The summed E-state index contributed by atoms with van der Waals surface area (Å²) in [4.78, 5) is 14.6. The van der Waals surface area contributed by atoms with Gasteiger partial charge in [-0.15, -0.1) is 11.3 Å². The lowest BCUT2D eigenvalue weighted by molar-refractivity contribution is 1.11. The number of thiazole rings is 1. The molecule has 2 heterocycles. The first-order valence-electron chi connectivity index (χ1n) is 11.8. The maximum absolute atomic E-state index is 4.94. The predicted octanol–water partition coefficient (Wildman–Crippen LogP) is 8.32. The molecular weight excluding hydrogens is 446 g/mol. The van der Waals surface area contributed by atoms with Crippen molar-refractivity contribution in [3.05, 3.63) is 114 Å². The van der Waals surface area contributed by atoms with E-state index in [1.54, 1.807) is 11.3 Å². The van der Waals surface area contributed by atoms with Crippen molar-refractivity contribution in [1.82, 2.24) is 15.0 Å². The van der Waals surface area contributed by atoms with E-state index in [9.17, 15) is 0 Å². The van der Waals surface area contributed by atoms with Crippen LogP contribution in [0, 0.1) is 0 Å². The molecule has 0 spiro atoms. The third kappa shape index (κ3) is 4.36. The molecule has 6 rings (SSSR count). The van der Waals surface area contributed by atoms with Crippen molar-refractivity contribution in [2.75, 3.05) is 0 Å². The van der Waals surface area contributed by atoms with Crippen molar-refractivity contribution in [2.45, 2.75) is 13.3 Å². The van der Waals surface area contributed by atoms with Crippen molar-refractivity contribution >= 4 is 21.6 Å². The van der Waals surface area contributed by atoms with Gasteiger partial charge in [0, 0.05) is 16.7 Å². The number of aryl methyl sites for hydroxylation is 1. The van der Waals surface area contributed by atoms with Gasteiger partial charge in [-0.3, -0.25) is 0 Å². The average Bonchev–Trinajstić information content (AvgIpc) is 3.37. The highest BCUT2D eigenvalue weighted by Gasteiger charge is 2.11. The van der Waals surface area contributed by atoms with Crippen LogP contribution in [-0.2, 0) is 6.42 Å². The largest absolute Gasteiger partial charge is 0.241 e. The molecule has 35 heavy (non-hydrogen) atoms. The monoisotopic (exact) mass is 469 g/mol. The van der Waals surface area contributed by atoms with E-state index in [2.05, 4.69) is 79.7 Å². The molecule has 4 aromatic carbocycles. The second-order valence-corrected chi connectivity index (χ2v) is 9.53. The smallest absolute Gasteiger partial charge is 0.160 e. The van der Waals surface area contributed by atoms with Crippen molar-refractivity contribution in [3.63, 3.8) is 0 Å². The van der Waals surface area contributed by atoms with E-state index in [0.29, 0.717) is 0 Å². The zero-order valence-corrected chi connectivity index (χ0v) is 20.2. The Hall–Kier alpha value is -4.15. The molecule has 0 radical (unpaired) electrons. The highest BCUT2D eigenvalue weighted by Crippen LogP contribution is 2.31. The average molecular weight is 470 g/mol. The predicted molar refractivity (Wildman–Crippen MR) is 146 cm³/mol. The molecule has 0 fully saturated rings. The van der Waals surface area contributed by atoms with Crippen LogP contribution >= 0.6 is 11.3 Å². The van der Waals surface area contributed by atoms with Gasteiger partial charge in [-0.25, -0.2) is 15.0 Å². The number of benzene rings is 4. The van der Waals surface area contributed by atoms with Crippen molar-refractivity contribution < 1.29 is 0 Å². The Morgan fingerprint density at radius 3 is 1.71 bits per heavy atom. The van der Waals surface area contributed by atoms with Gasteiger partial charge >= 0.3 is 0 Å². The van der Waals surface area contributed by atoms with E-state index in [0.717, 1.165) is 51.4 Å². The van der Waals surface area contributed by atoms with Crippen LogP contribution in [0.25, 0.3) is 55.2 Å². The molecular formula is C31H23N3S. The maximum atomic E-state index is 4.94. The van der Waals surface area contributed by atoms with Crippen LogP contribution in [0.1, 0.15) is 11.9 Å². The van der Waals surface area contributed by atoms with Crippen molar-refractivity contribution in [1.29, 1.82) is 0 Å². The first-order chi connectivity index (χ1) is 17.3. The molecule has 0 aliphatic heterocycles. The van der Waals surface area contributed by atoms with Crippen LogP contribution in [0.3, 0.4) is 0 Å². The van der Waals surface area contributed by atoms with Crippen LogP contribution in [0.4, 0.5) is 0 Å². The van der Waals surface area contributed by atoms with Gasteiger partial charge in [-0.1, -0.05) is 97.9 Å². The van der Waals surface area contributed by atoms with Crippen LogP contribution in [0.15, 0.2) is 109 Å². The molecule has 6 aromatic rings. The summed E-state index contributed by atoms with van der Waals surface area (Å²) in [6.07, 6.45) is 0.969. The summed E-state index contributed by atoms with van der Waals surface area (Å²) in [5, 5.41) is 1.18. The van der Waals surface area contributed by atoms with E-state index in [-0.39, 0.29) is 0 Å². The van der Waals surface area contributed by atoms with E-state index >= 15 is 0 Å². The fourth-order valence-electron chi connectivity index (χ4n) is 4.21. The number of rotatable bonds is 5. The van der Waals surface area contributed by atoms with E-state index in [1.165, 1.54) is 15.3 Å². The molecule has 0 aliphatic rings. The standard InChI is InChI=1S/C31H23N3S/c1-2-30-32-28-19-25(17-18-29(28)35-30)21-13-15-24(16-14-21)31-33-26(22-9-5-3-6-10-22)20-27(34-31)23-11-7-4-8-12-23/h3-20H,2H2,1H3. The Balaban J connectivity index is 1.40. The lowest BCUT2D eigenvalue weighted by atomic mass is 10.0. The summed E-state index contributed by atoms with van der Waals surface area (Å²) >= 11 is 1.77. The lowest BCUT2D eigenvalue weighted by Gasteiger charge is -2.10. The van der Waals surface area contributed by atoms with Crippen LogP contribution in [0.2, 0.25) is 0 Å². The second kappa shape index (κ2) is 9.24. The SMILES string of the molecule is CCc1nc2cc(-c3ccc(-c4nc(-c5ccccc5)cc(-c5ccccc5)n4)cc3)ccc2s1. The van der Waals surface area contributed by atoms with Crippen LogP contribution in [0.5, 0.6) is 0 Å². The molecule has 0 N–H and O–H groups in total. The van der Waals surface area contributed by atoms with Gasteiger partial charge in [-0.2, -0.15) is 0 Å². The quantitative estimate of drug-likeness (QED) is 0.255. The summed E-state index contributed by atoms with van der Waals surface area (Å²) in [6, 6.07) is 37.6. The number of fused-ring (bicyclic) bond motifs is 1. The number of hydrogen-bond acceptors (Lipinski definition) is 4. The van der Waals surface area contributed by atoms with Crippen LogP contribution < -0.4 is 0 Å². The Morgan fingerprint density at radius 1 is 0.543 bits per heavy atom. The van der Waals surface area contributed by atoms with E-state index < -0.39 is 0 Å². The minimum atomic E-state index is 0.722. The van der Waals surface area contributed by atoms with Gasteiger partial charge in [-0.05, 0) is 35.7 Å². The van der Waals surface area contributed by atoms with Gasteiger partial charge in [0.15, 0.2) is 5.82 Å². The molecule has 2 aromatic heterocycles. The minimum Gasteiger partial charge on any atom is -0.241 e. The summed E-state index contributed by atoms with van der Waals surface area (Å²) in [5.41, 5.74) is 8.37. The normalized spacial score (nSPS) is 11.1. The maximum Gasteiger partial charge on any atom is 0.160 e. The Kier molecular flexibility index (Phi) is 5.65. The molecule has 168 valence electrons. The number of hydrogen-bond donors (Lipinski definition) is 0. The first-order valence-corrected chi connectivity index (χ1v) is 12.6. The topological polar surface area (TPSA) is 38.7 Å². The fourth-order valence-corrected chi connectivity index (χ4v) is 5.10. The highest BCUT2D eigenvalue weighted by molar-refractivity contribution is 7.18. The molecule has 0 unspecified atom stereocenters. The lowest BCUT2D eigenvalue weighted by Crippen LogP contribution is -1.95.